The van der Waals surface area contributed by atoms with E-state index in [9.17, 15) is 19.7 Å². The standard InChI is InChI=1S/C21H26N4O5/c1-4-24(5-2)21(27)15-6-9-17(10-7-15)23-20(26)16-8-11-18(22-12-13-30-3)19(14-16)25(28)29/h6-11,14,22H,4-5,12-13H2,1-3H3,(H,23,26). The van der Waals surface area contributed by atoms with Crippen molar-refractivity contribution in [3.05, 3.63) is 63.7 Å². The molecule has 0 saturated carbocycles. The minimum atomic E-state index is -0.542. The van der Waals surface area contributed by atoms with Crippen LogP contribution in [0.5, 0.6) is 0 Å². The molecular formula is C21H26N4O5. The van der Waals surface area contributed by atoms with Gasteiger partial charge in [-0.15, -0.1) is 0 Å². The van der Waals surface area contributed by atoms with Crippen molar-refractivity contribution in [1.29, 1.82) is 0 Å². The number of amides is 2. The van der Waals surface area contributed by atoms with E-state index in [1.807, 2.05) is 13.8 Å². The number of benzene rings is 2. The zero-order valence-electron chi connectivity index (χ0n) is 17.3. The molecule has 2 N–H and O–H groups in total. The summed E-state index contributed by atoms with van der Waals surface area (Å²) < 4.78 is 4.92. The van der Waals surface area contributed by atoms with Gasteiger partial charge in [0.2, 0.25) is 0 Å². The van der Waals surface area contributed by atoms with Crippen LogP contribution in [0.4, 0.5) is 17.1 Å². The second kappa shape index (κ2) is 10.9. The number of anilines is 2. The quantitative estimate of drug-likeness (QED) is 0.350. The van der Waals surface area contributed by atoms with Crippen molar-refractivity contribution in [2.75, 3.05) is 44.0 Å². The minimum absolute atomic E-state index is 0.0786. The lowest BCUT2D eigenvalue weighted by molar-refractivity contribution is -0.384. The van der Waals surface area contributed by atoms with Gasteiger partial charge in [0, 0.05) is 49.6 Å². The van der Waals surface area contributed by atoms with Crippen LogP contribution in [0.15, 0.2) is 42.5 Å². The summed E-state index contributed by atoms with van der Waals surface area (Å²) in [5, 5.41) is 17.0. The molecule has 0 atom stereocenters. The molecule has 9 nitrogen and oxygen atoms in total. The smallest absolute Gasteiger partial charge is 0.293 e. The van der Waals surface area contributed by atoms with Crippen LogP contribution in [-0.4, -0.2) is 55.0 Å². The normalized spacial score (nSPS) is 10.4. The summed E-state index contributed by atoms with van der Waals surface area (Å²) in [4.78, 5) is 37.4. The van der Waals surface area contributed by atoms with Crippen LogP contribution in [-0.2, 0) is 4.74 Å². The Hall–Kier alpha value is -3.46. The molecule has 0 unspecified atom stereocenters. The van der Waals surface area contributed by atoms with Crippen LogP contribution in [0.3, 0.4) is 0 Å². The molecule has 0 heterocycles. The first-order valence-corrected chi connectivity index (χ1v) is 9.63. The molecule has 0 spiro atoms. The maximum absolute atomic E-state index is 12.5. The molecule has 30 heavy (non-hydrogen) atoms. The van der Waals surface area contributed by atoms with Gasteiger partial charge >= 0.3 is 0 Å². The van der Waals surface area contributed by atoms with Gasteiger partial charge in [-0.05, 0) is 50.2 Å². The van der Waals surface area contributed by atoms with Crippen molar-refractivity contribution in [1.82, 2.24) is 4.90 Å². The van der Waals surface area contributed by atoms with Crippen LogP contribution < -0.4 is 10.6 Å². The molecule has 0 radical (unpaired) electrons. The molecule has 2 aromatic carbocycles. The number of carbonyl (C=O) groups excluding carboxylic acids is 2. The Labute approximate surface area is 175 Å². The van der Waals surface area contributed by atoms with Crippen LogP contribution in [0.2, 0.25) is 0 Å². The van der Waals surface area contributed by atoms with E-state index in [0.717, 1.165) is 0 Å². The fourth-order valence-electron chi connectivity index (χ4n) is 2.85. The number of hydrogen-bond donors (Lipinski definition) is 2. The highest BCUT2D eigenvalue weighted by Gasteiger charge is 2.18. The first-order chi connectivity index (χ1) is 14.4. The summed E-state index contributed by atoms with van der Waals surface area (Å²) in [5.41, 5.74) is 1.29. The third-order valence-electron chi connectivity index (χ3n) is 4.52. The Kier molecular flexibility index (Phi) is 8.30. The number of hydrogen-bond acceptors (Lipinski definition) is 6. The Morgan fingerprint density at radius 2 is 1.70 bits per heavy atom. The first-order valence-electron chi connectivity index (χ1n) is 9.63. The number of ether oxygens (including phenoxy) is 1. The van der Waals surface area contributed by atoms with Gasteiger partial charge in [0.25, 0.3) is 17.5 Å². The SMILES string of the molecule is CCN(CC)C(=O)c1ccc(NC(=O)c2ccc(NCCOC)c([N+](=O)[O-])c2)cc1. The predicted molar refractivity (Wildman–Crippen MR) is 115 cm³/mol. The molecule has 2 rings (SSSR count). The number of rotatable bonds is 10. The van der Waals surface area contributed by atoms with Crippen LogP contribution >= 0.6 is 0 Å². The largest absolute Gasteiger partial charge is 0.383 e. The van der Waals surface area contributed by atoms with E-state index in [0.29, 0.717) is 43.2 Å². The minimum Gasteiger partial charge on any atom is -0.383 e. The molecular weight excluding hydrogens is 388 g/mol. The topological polar surface area (TPSA) is 114 Å². The number of nitrogens with zero attached hydrogens (tertiary/aromatic N) is 2. The summed E-state index contributed by atoms with van der Waals surface area (Å²) >= 11 is 0. The summed E-state index contributed by atoms with van der Waals surface area (Å²) in [7, 11) is 1.54. The molecule has 9 heteroatoms. The number of methoxy groups -OCH3 is 1. The van der Waals surface area contributed by atoms with Gasteiger partial charge in [-0.1, -0.05) is 0 Å². The third kappa shape index (κ3) is 5.77. The Balaban J connectivity index is 2.12. The number of nitrogens with one attached hydrogen (secondary N) is 2. The second-order valence-corrected chi connectivity index (χ2v) is 6.42. The van der Waals surface area contributed by atoms with Crippen molar-refractivity contribution in [2.24, 2.45) is 0 Å². The average molecular weight is 414 g/mol. The lowest BCUT2D eigenvalue weighted by Gasteiger charge is -2.18. The molecule has 0 fully saturated rings. The summed E-state index contributed by atoms with van der Waals surface area (Å²) in [5.74, 6) is -0.561. The summed E-state index contributed by atoms with van der Waals surface area (Å²) in [6.07, 6.45) is 0. The van der Waals surface area contributed by atoms with Crippen molar-refractivity contribution in [3.8, 4) is 0 Å². The molecule has 0 aliphatic carbocycles. The van der Waals surface area contributed by atoms with E-state index in [-0.39, 0.29) is 17.2 Å². The van der Waals surface area contributed by atoms with Crippen LogP contribution in [0.1, 0.15) is 34.6 Å². The molecule has 160 valence electrons. The Bertz CT molecular complexity index is 895. The van der Waals surface area contributed by atoms with Crippen molar-refractivity contribution in [2.45, 2.75) is 13.8 Å². The molecule has 0 aliphatic heterocycles. The molecule has 0 saturated heterocycles. The van der Waals surface area contributed by atoms with Gasteiger partial charge in [0.15, 0.2) is 0 Å². The maximum Gasteiger partial charge on any atom is 0.293 e. The van der Waals surface area contributed by atoms with E-state index in [2.05, 4.69) is 10.6 Å². The van der Waals surface area contributed by atoms with E-state index >= 15 is 0 Å². The molecule has 2 amide bonds. The second-order valence-electron chi connectivity index (χ2n) is 6.42. The molecule has 0 aromatic heterocycles. The lowest BCUT2D eigenvalue weighted by Crippen LogP contribution is -2.30. The number of nitro groups is 1. The van der Waals surface area contributed by atoms with E-state index < -0.39 is 10.8 Å². The zero-order valence-corrected chi connectivity index (χ0v) is 17.3. The fourth-order valence-corrected chi connectivity index (χ4v) is 2.85. The van der Waals surface area contributed by atoms with Crippen molar-refractivity contribution >= 4 is 28.9 Å². The maximum atomic E-state index is 12.5. The molecule has 0 aliphatic rings. The van der Waals surface area contributed by atoms with Crippen LogP contribution in [0, 0.1) is 10.1 Å². The van der Waals surface area contributed by atoms with Gasteiger partial charge in [-0.2, -0.15) is 0 Å². The first kappa shape index (κ1) is 22.8. The fraction of sp³-hybridized carbons (Fsp3) is 0.333. The van der Waals surface area contributed by atoms with Gasteiger partial charge in [0.05, 0.1) is 11.5 Å². The highest BCUT2D eigenvalue weighted by atomic mass is 16.6. The highest BCUT2D eigenvalue weighted by molar-refractivity contribution is 6.05. The Morgan fingerprint density at radius 3 is 2.27 bits per heavy atom. The van der Waals surface area contributed by atoms with Gasteiger partial charge in [0.1, 0.15) is 5.69 Å². The average Bonchev–Trinajstić information content (AvgIpc) is 2.75. The number of nitro benzene ring substituents is 1. The van der Waals surface area contributed by atoms with Gasteiger partial charge < -0.3 is 20.3 Å². The predicted octanol–water partition coefficient (Wildman–Crippen LogP) is 3.39. The van der Waals surface area contributed by atoms with E-state index in [1.165, 1.54) is 25.3 Å². The Morgan fingerprint density at radius 1 is 1.07 bits per heavy atom. The van der Waals surface area contributed by atoms with Crippen molar-refractivity contribution in [3.63, 3.8) is 0 Å². The zero-order chi connectivity index (χ0) is 22.1. The van der Waals surface area contributed by atoms with E-state index in [4.69, 9.17) is 4.74 Å². The summed E-state index contributed by atoms with van der Waals surface area (Å²) in [6.45, 7) is 5.85. The summed E-state index contributed by atoms with van der Waals surface area (Å²) in [6, 6.07) is 10.8. The van der Waals surface area contributed by atoms with Gasteiger partial charge in [-0.3, -0.25) is 19.7 Å². The molecule has 0 bridgehead atoms. The molecule has 2 aromatic rings. The lowest BCUT2D eigenvalue weighted by atomic mass is 10.1. The third-order valence-corrected chi connectivity index (χ3v) is 4.52. The highest BCUT2D eigenvalue weighted by Crippen LogP contribution is 2.26. The number of carbonyl (C=O) groups is 2. The van der Waals surface area contributed by atoms with Crippen LogP contribution in [0.25, 0.3) is 0 Å². The monoisotopic (exact) mass is 414 g/mol. The van der Waals surface area contributed by atoms with E-state index in [1.54, 1.807) is 29.2 Å². The van der Waals surface area contributed by atoms with Crippen molar-refractivity contribution < 1.29 is 19.2 Å². The van der Waals surface area contributed by atoms with Gasteiger partial charge in [-0.25, -0.2) is 0 Å².